The van der Waals surface area contributed by atoms with E-state index in [1.54, 1.807) is 6.07 Å². The SMILES string of the molecule is Cc1cc(-c2cc(S(=O)(=O)N3CCC[C@H]3c3nc(C(C)C)no3)c(C)s2)n[nH]1. The normalized spacial score (nSPS) is 18.4. The minimum Gasteiger partial charge on any atom is -0.338 e. The number of aromatic amines is 1. The molecule has 0 bridgehead atoms. The van der Waals surface area contributed by atoms with Gasteiger partial charge in [0.05, 0.1) is 9.77 Å². The Balaban J connectivity index is 1.68. The van der Waals surface area contributed by atoms with Crippen molar-refractivity contribution < 1.29 is 12.9 Å². The molecule has 0 unspecified atom stereocenters. The number of aryl methyl sites for hydroxylation is 2. The van der Waals surface area contributed by atoms with Gasteiger partial charge in [0.25, 0.3) is 0 Å². The van der Waals surface area contributed by atoms with E-state index in [1.165, 1.54) is 15.6 Å². The lowest BCUT2D eigenvalue weighted by atomic mass is 10.2. The maximum atomic E-state index is 13.4. The zero-order valence-electron chi connectivity index (χ0n) is 16.3. The van der Waals surface area contributed by atoms with Gasteiger partial charge in [-0.25, -0.2) is 8.42 Å². The van der Waals surface area contributed by atoms with Crippen LogP contribution in [0.5, 0.6) is 0 Å². The standard InChI is InChI=1S/C18H23N5O3S2/c1-10(2)17-19-18(26-22-17)14-6-5-7-23(14)28(24,25)16-9-15(27-12(16)4)13-8-11(3)20-21-13/h8-10,14H,5-7H2,1-4H3,(H,20,21)/t14-/m0/s1. The summed E-state index contributed by atoms with van der Waals surface area (Å²) in [5.41, 5.74) is 1.69. The third kappa shape index (κ3) is 3.29. The number of rotatable bonds is 5. The first kappa shape index (κ1) is 19.3. The molecular formula is C18H23N5O3S2. The largest absolute Gasteiger partial charge is 0.338 e. The van der Waals surface area contributed by atoms with Gasteiger partial charge in [0, 0.05) is 23.0 Å². The third-order valence-electron chi connectivity index (χ3n) is 4.88. The Kier molecular flexibility index (Phi) is 4.88. The summed E-state index contributed by atoms with van der Waals surface area (Å²) in [4.78, 5) is 6.33. The summed E-state index contributed by atoms with van der Waals surface area (Å²) in [5.74, 6) is 1.10. The lowest BCUT2D eigenvalue weighted by Crippen LogP contribution is -2.31. The van der Waals surface area contributed by atoms with E-state index in [9.17, 15) is 8.42 Å². The van der Waals surface area contributed by atoms with Gasteiger partial charge >= 0.3 is 0 Å². The first-order valence-corrected chi connectivity index (χ1v) is 11.5. The monoisotopic (exact) mass is 421 g/mol. The molecule has 28 heavy (non-hydrogen) atoms. The number of nitrogens with one attached hydrogen (secondary N) is 1. The second-order valence-electron chi connectivity index (χ2n) is 7.39. The molecule has 4 rings (SSSR count). The van der Waals surface area contributed by atoms with Crippen LogP contribution in [0.1, 0.15) is 60.9 Å². The minimum atomic E-state index is -3.68. The van der Waals surface area contributed by atoms with Crippen LogP contribution in [0.25, 0.3) is 10.6 Å². The van der Waals surface area contributed by atoms with Gasteiger partial charge in [0.15, 0.2) is 5.82 Å². The van der Waals surface area contributed by atoms with E-state index in [-0.39, 0.29) is 5.92 Å². The summed E-state index contributed by atoms with van der Waals surface area (Å²) in [5, 5.41) is 11.1. The van der Waals surface area contributed by atoms with Gasteiger partial charge in [-0.15, -0.1) is 11.3 Å². The molecule has 4 heterocycles. The van der Waals surface area contributed by atoms with Crippen LogP contribution < -0.4 is 0 Å². The van der Waals surface area contributed by atoms with Crippen LogP contribution in [0.4, 0.5) is 0 Å². The van der Waals surface area contributed by atoms with Gasteiger partial charge in [0.2, 0.25) is 15.9 Å². The number of nitrogens with zero attached hydrogens (tertiary/aromatic N) is 4. The van der Waals surface area contributed by atoms with Gasteiger partial charge in [-0.2, -0.15) is 14.4 Å². The second-order valence-corrected chi connectivity index (χ2v) is 10.5. The molecule has 1 aliphatic rings. The molecule has 1 aliphatic heterocycles. The Bertz CT molecular complexity index is 1100. The molecule has 1 N–H and O–H groups in total. The molecule has 0 radical (unpaired) electrons. The first-order chi connectivity index (χ1) is 13.3. The number of H-pyrrole nitrogens is 1. The highest BCUT2D eigenvalue weighted by molar-refractivity contribution is 7.89. The molecule has 3 aromatic heterocycles. The Morgan fingerprint density at radius 3 is 2.75 bits per heavy atom. The fraction of sp³-hybridized carbons (Fsp3) is 0.500. The molecule has 0 aromatic carbocycles. The van der Waals surface area contributed by atoms with Crippen LogP contribution in [-0.2, 0) is 10.0 Å². The topological polar surface area (TPSA) is 105 Å². The van der Waals surface area contributed by atoms with E-state index in [4.69, 9.17) is 4.52 Å². The molecule has 0 aliphatic carbocycles. The van der Waals surface area contributed by atoms with Crippen LogP contribution in [0.3, 0.4) is 0 Å². The highest BCUT2D eigenvalue weighted by atomic mass is 32.2. The van der Waals surface area contributed by atoms with Crippen molar-refractivity contribution in [2.45, 2.75) is 57.4 Å². The molecule has 3 aromatic rings. The maximum absolute atomic E-state index is 13.4. The van der Waals surface area contributed by atoms with Crippen molar-refractivity contribution in [2.75, 3.05) is 6.54 Å². The molecule has 1 fully saturated rings. The molecule has 150 valence electrons. The van der Waals surface area contributed by atoms with E-state index in [2.05, 4.69) is 20.3 Å². The summed E-state index contributed by atoms with van der Waals surface area (Å²) in [6.45, 7) is 8.14. The Hall–Kier alpha value is -2.04. The minimum absolute atomic E-state index is 0.128. The van der Waals surface area contributed by atoms with Crippen LogP contribution in [-0.4, -0.2) is 39.6 Å². The fourth-order valence-electron chi connectivity index (χ4n) is 3.41. The van der Waals surface area contributed by atoms with Gasteiger partial charge in [-0.05, 0) is 38.8 Å². The van der Waals surface area contributed by atoms with Crippen molar-refractivity contribution in [3.05, 3.63) is 34.4 Å². The van der Waals surface area contributed by atoms with Crippen molar-refractivity contribution in [2.24, 2.45) is 0 Å². The maximum Gasteiger partial charge on any atom is 0.245 e. The Morgan fingerprint density at radius 1 is 1.32 bits per heavy atom. The lowest BCUT2D eigenvalue weighted by Gasteiger charge is -2.21. The number of sulfonamides is 1. The Labute approximate surface area is 168 Å². The highest BCUT2D eigenvalue weighted by Gasteiger charge is 2.40. The molecule has 8 nitrogen and oxygen atoms in total. The van der Waals surface area contributed by atoms with Crippen molar-refractivity contribution in [1.29, 1.82) is 0 Å². The first-order valence-electron chi connectivity index (χ1n) is 9.25. The van der Waals surface area contributed by atoms with Crippen LogP contribution in [0, 0.1) is 13.8 Å². The molecule has 0 amide bonds. The average molecular weight is 422 g/mol. The van der Waals surface area contributed by atoms with Crippen molar-refractivity contribution in [1.82, 2.24) is 24.6 Å². The summed E-state index contributed by atoms with van der Waals surface area (Å²) in [6, 6.07) is 3.21. The molecule has 0 saturated carbocycles. The molecule has 0 spiro atoms. The highest BCUT2D eigenvalue weighted by Crippen LogP contribution is 2.40. The smallest absolute Gasteiger partial charge is 0.245 e. The van der Waals surface area contributed by atoms with Gasteiger partial charge < -0.3 is 4.52 Å². The van der Waals surface area contributed by atoms with Crippen molar-refractivity contribution >= 4 is 21.4 Å². The van der Waals surface area contributed by atoms with Gasteiger partial charge in [-0.3, -0.25) is 5.10 Å². The van der Waals surface area contributed by atoms with E-state index in [0.29, 0.717) is 29.6 Å². The van der Waals surface area contributed by atoms with E-state index >= 15 is 0 Å². The summed E-state index contributed by atoms with van der Waals surface area (Å²) < 4.78 is 33.8. The van der Waals surface area contributed by atoms with Gasteiger partial charge in [0.1, 0.15) is 11.7 Å². The number of thiophene rings is 1. The number of hydrogen-bond donors (Lipinski definition) is 1. The molecule has 1 saturated heterocycles. The average Bonchev–Trinajstić information content (AvgIpc) is 3.40. The fourth-order valence-corrected chi connectivity index (χ4v) is 6.58. The van der Waals surface area contributed by atoms with E-state index < -0.39 is 16.1 Å². The Morgan fingerprint density at radius 2 is 2.11 bits per heavy atom. The summed E-state index contributed by atoms with van der Waals surface area (Å²) >= 11 is 1.43. The van der Waals surface area contributed by atoms with E-state index in [0.717, 1.165) is 27.6 Å². The second kappa shape index (κ2) is 7.09. The molecule has 1 atom stereocenters. The predicted molar refractivity (Wildman–Crippen MR) is 106 cm³/mol. The zero-order chi connectivity index (χ0) is 20.1. The van der Waals surface area contributed by atoms with Crippen LogP contribution in [0.2, 0.25) is 0 Å². The molecule has 10 heteroatoms. The predicted octanol–water partition coefficient (Wildman–Crippen LogP) is 3.79. The summed E-state index contributed by atoms with van der Waals surface area (Å²) in [7, 11) is -3.68. The van der Waals surface area contributed by atoms with E-state index in [1.807, 2.05) is 33.8 Å². The van der Waals surface area contributed by atoms with Gasteiger partial charge in [-0.1, -0.05) is 19.0 Å². The number of aromatic nitrogens is 4. The molecular weight excluding hydrogens is 398 g/mol. The van der Waals surface area contributed by atoms with Crippen molar-refractivity contribution in [3.63, 3.8) is 0 Å². The number of hydrogen-bond acceptors (Lipinski definition) is 7. The van der Waals surface area contributed by atoms with Crippen LogP contribution in [0.15, 0.2) is 21.6 Å². The lowest BCUT2D eigenvalue weighted by molar-refractivity contribution is 0.289. The van der Waals surface area contributed by atoms with Crippen molar-refractivity contribution in [3.8, 4) is 10.6 Å². The summed E-state index contributed by atoms with van der Waals surface area (Å²) in [6.07, 6.45) is 1.44. The zero-order valence-corrected chi connectivity index (χ0v) is 17.9. The third-order valence-corrected chi connectivity index (χ3v) is 8.12. The quantitative estimate of drug-likeness (QED) is 0.672. The van der Waals surface area contributed by atoms with Crippen LogP contribution >= 0.6 is 11.3 Å².